The first-order chi connectivity index (χ1) is 7.27. The summed E-state index contributed by atoms with van der Waals surface area (Å²) in [5.74, 6) is 1.60. The fourth-order valence-electron chi connectivity index (χ4n) is 1.38. The fourth-order valence-corrected chi connectivity index (χ4v) is 2.29. The first-order valence-electron chi connectivity index (χ1n) is 4.66. The summed E-state index contributed by atoms with van der Waals surface area (Å²) in [5.41, 5.74) is 0.0539. The summed E-state index contributed by atoms with van der Waals surface area (Å²) in [4.78, 5) is 20.8. The average molecular weight is 225 g/mol. The summed E-state index contributed by atoms with van der Waals surface area (Å²) in [7, 11) is 0. The Bertz CT molecular complexity index is 366. The molecule has 1 aliphatic rings. The number of hydrogen-bond donors (Lipinski definition) is 1. The van der Waals surface area contributed by atoms with E-state index in [1.165, 1.54) is 12.3 Å². The molecule has 0 bridgehead atoms. The number of carboxylic acid groups (broad SMARTS) is 1. The van der Waals surface area contributed by atoms with E-state index in [9.17, 15) is 4.79 Å². The Morgan fingerprint density at radius 2 is 2.20 bits per heavy atom. The molecule has 1 fully saturated rings. The van der Waals surface area contributed by atoms with E-state index < -0.39 is 5.97 Å². The maximum Gasteiger partial charge on any atom is 0.354 e. The second kappa shape index (κ2) is 4.48. The highest BCUT2D eigenvalue weighted by Gasteiger charge is 2.15. The SMILES string of the molecule is O=C(O)c1ccnc(N2CCSCC2)n1. The smallest absolute Gasteiger partial charge is 0.354 e. The van der Waals surface area contributed by atoms with Crippen molar-refractivity contribution >= 4 is 23.7 Å². The van der Waals surface area contributed by atoms with Gasteiger partial charge in [-0.3, -0.25) is 0 Å². The van der Waals surface area contributed by atoms with E-state index in [0.717, 1.165) is 24.6 Å². The largest absolute Gasteiger partial charge is 0.477 e. The van der Waals surface area contributed by atoms with Crippen LogP contribution in [0.4, 0.5) is 5.95 Å². The zero-order valence-electron chi connectivity index (χ0n) is 8.09. The molecule has 1 saturated heterocycles. The first-order valence-corrected chi connectivity index (χ1v) is 5.82. The lowest BCUT2D eigenvalue weighted by atomic mass is 10.4. The third-order valence-electron chi connectivity index (χ3n) is 2.16. The van der Waals surface area contributed by atoms with Crippen molar-refractivity contribution in [2.75, 3.05) is 29.5 Å². The van der Waals surface area contributed by atoms with E-state index >= 15 is 0 Å². The van der Waals surface area contributed by atoms with E-state index in [0.29, 0.717) is 5.95 Å². The van der Waals surface area contributed by atoms with Gasteiger partial charge in [-0.1, -0.05) is 0 Å². The molecule has 0 unspecified atom stereocenters. The lowest BCUT2D eigenvalue weighted by Crippen LogP contribution is -2.34. The van der Waals surface area contributed by atoms with Crippen LogP contribution in [0.2, 0.25) is 0 Å². The number of aromatic carboxylic acids is 1. The van der Waals surface area contributed by atoms with Crippen molar-refractivity contribution < 1.29 is 9.90 Å². The Hall–Kier alpha value is -1.30. The van der Waals surface area contributed by atoms with Crippen LogP contribution in [0.5, 0.6) is 0 Å². The Morgan fingerprint density at radius 3 is 2.87 bits per heavy atom. The van der Waals surface area contributed by atoms with Gasteiger partial charge in [0.15, 0.2) is 5.69 Å². The number of rotatable bonds is 2. The monoisotopic (exact) mass is 225 g/mol. The molecule has 0 spiro atoms. The van der Waals surface area contributed by atoms with Gasteiger partial charge in [0.05, 0.1) is 0 Å². The van der Waals surface area contributed by atoms with Crippen molar-refractivity contribution in [3.05, 3.63) is 18.0 Å². The Labute approximate surface area is 91.5 Å². The summed E-state index contributed by atoms with van der Waals surface area (Å²) in [6, 6.07) is 1.41. The van der Waals surface area contributed by atoms with E-state index in [4.69, 9.17) is 5.11 Å². The third kappa shape index (κ3) is 2.38. The minimum absolute atomic E-state index is 0.0539. The fraction of sp³-hybridized carbons (Fsp3) is 0.444. The predicted octanol–water partition coefficient (Wildman–Crippen LogP) is 0.728. The summed E-state index contributed by atoms with van der Waals surface area (Å²) >= 11 is 1.89. The van der Waals surface area contributed by atoms with Gasteiger partial charge in [-0.2, -0.15) is 11.8 Å². The number of aromatic nitrogens is 2. The minimum atomic E-state index is -1.01. The molecule has 0 aromatic carbocycles. The molecule has 1 aromatic rings. The molecule has 1 N–H and O–H groups in total. The molecule has 2 heterocycles. The number of nitrogens with zero attached hydrogens (tertiary/aromatic N) is 3. The van der Waals surface area contributed by atoms with Gasteiger partial charge in [0.2, 0.25) is 5.95 Å². The molecule has 5 nitrogen and oxygen atoms in total. The number of carboxylic acids is 1. The summed E-state index contributed by atoms with van der Waals surface area (Å²) in [5, 5.41) is 8.79. The molecule has 80 valence electrons. The zero-order chi connectivity index (χ0) is 10.7. The lowest BCUT2D eigenvalue weighted by Gasteiger charge is -2.26. The lowest BCUT2D eigenvalue weighted by molar-refractivity contribution is 0.0690. The molecule has 0 aliphatic carbocycles. The standard InChI is InChI=1S/C9H11N3O2S/c13-8(14)7-1-2-10-9(11-7)12-3-5-15-6-4-12/h1-2H,3-6H2,(H,13,14). The predicted molar refractivity (Wildman–Crippen MR) is 58.5 cm³/mol. The van der Waals surface area contributed by atoms with Crippen LogP contribution in [-0.4, -0.2) is 45.6 Å². The normalized spacial score (nSPS) is 16.4. The minimum Gasteiger partial charge on any atom is -0.477 e. The molecule has 0 radical (unpaired) electrons. The summed E-state index contributed by atoms with van der Waals surface area (Å²) in [6.07, 6.45) is 1.49. The number of thioether (sulfide) groups is 1. The Balaban J connectivity index is 2.19. The van der Waals surface area contributed by atoms with Crippen LogP contribution in [0.15, 0.2) is 12.3 Å². The van der Waals surface area contributed by atoms with Crippen molar-refractivity contribution in [2.24, 2.45) is 0 Å². The zero-order valence-corrected chi connectivity index (χ0v) is 8.90. The molecule has 15 heavy (non-hydrogen) atoms. The van der Waals surface area contributed by atoms with Crippen LogP contribution in [0, 0.1) is 0 Å². The Kier molecular flexibility index (Phi) is 3.05. The van der Waals surface area contributed by atoms with Crippen molar-refractivity contribution in [2.45, 2.75) is 0 Å². The summed E-state index contributed by atoms with van der Waals surface area (Å²) in [6.45, 7) is 1.77. The Morgan fingerprint density at radius 1 is 1.47 bits per heavy atom. The van der Waals surface area contributed by atoms with Crippen LogP contribution in [0.3, 0.4) is 0 Å². The van der Waals surface area contributed by atoms with Gasteiger partial charge < -0.3 is 10.0 Å². The van der Waals surface area contributed by atoms with Crippen LogP contribution in [0.1, 0.15) is 10.5 Å². The van der Waals surface area contributed by atoms with Crippen molar-refractivity contribution in [1.29, 1.82) is 0 Å². The summed E-state index contributed by atoms with van der Waals surface area (Å²) < 4.78 is 0. The maximum atomic E-state index is 10.7. The van der Waals surface area contributed by atoms with E-state index in [1.807, 2.05) is 16.7 Å². The number of hydrogen-bond acceptors (Lipinski definition) is 5. The van der Waals surface area contributed by atoms with Crippen molar-refractivity contribution in [3.63, 3.8) is 0 Å². The number of carbonyl (C=O) groups is 1. The van der Waals surface area contributed by atoms with Gasteiger partial charge in [-0.05, 0) is 6.07 Å². The second-order valence-electron chi connectivity index (χ2n) is 3.15. The van der Waals surface area contributed by atoms with Gasteiger partial charge in [0, 0.05) is 30.8 Å². The highest BCUT2D eigenvalue weighted by molar-refractivity contribution is 7.99. The third-order valence-corrected chi connectivity index (χ3v) is 3.10. The van der Waals surface area contributed by atoms with Gasteiger partial charge >= 0.3 is 5.97 Å². The van der Waals surface area contributed by atoms with Crippen molar-refractivity contribution in [3.8, 4) is 0 Å². The van der Waals surface area contributed by atoms with Crippen LogP contribution in [0.25, 0.3) is 0 Å². The maximum absolute atomic E-state index is 10.7. The molecule has 0 amide bonds. The van der Waals surface area contributed by atoms with Crippen molar-refractivity contribution in [1.82, 2.24) is 9.97 Å². The van der Waals surface area contributed by atoms with Gasteiger partial charge in [-0.25, -0.2) is 14.8 Å². The molecule has 1 aliphatic heterocycles. The molecule has 2 rings (SSSR count). The molecule has 6 heteroatoms. The van der Waals surface area contributed by atoms with E-state index in [-0.39, 0.29) is 5.69 Å². The molecule has 0 saturated carbocycles. The molecule has 0 atom stereocenters. The van der Waals surface area contributed by atoms with Gasteiger partial charge in [0.25, 0.3) is 0 Å². The second-order valence-corrected chi connectivity index (χ2v) is 4.37. The highest BCUT2D eigenvalue weighted by atomic mass is 32.2. The van der Waals surface area contributed by atoms with Gasteiger partial charge in [0.1, 0.15) is 0 Å². The average Bonchev–Trinajstić information content (AvgIpc) is 2.30. The van der Waals surface area contributed by atoms with Crippen LogP contribution in [-0.2, 0) is 0 Å². The molecular formula is C9H11N3O2S. The van der Waals surface area contributed by atoms with Crippen LogP contribution >= 0.6 is 11.8 Å². The molecule has 1 aromatic heterocycles. The topological polar surface area (TPSA) is 66.3 Å². The first kappa shape index (κ1) is 10.2. The van der Waals surface area contributed by atoms with Crippen LogP contribution < -0.4 is 4.90 Å². The van der Waals surface area contributed by atoms with Gasteiger partial charge in [-0.15, -0.1) is 0 Å². The molecular weight excluding hydrogens is 214 g/mol. The number of anilines is 1. The highest BCUT2D eigenvalue weighted by Crippen LogP contribution is 2.14. The quantitative estimate of drug-likeness (QED) is 0.800. The van der Waals surface area contributed by atoms with E-state index in [2.05, 4.69) is 9.97 Å². The van der Waals surface area contributed by atoms with E-state index in [1.54, 1.807) is 0 Å².